The summed E-state index contributed by atoms with van der Waals surface area (Å²) in [5.41, 5.74) is -0.0306. The number of hydrogen-bond donors (Lipinski definition) is 0. The van der Waals surface area contributed by atoms with Crippen LogP contribution < -0.4 is 37.1 Å². The second-order valence-electron chi connectivity index (χ2n) is 9.90. The van der Waals surface area contributed by atoms with E-state index >= 15 is 0 Å². The number of carbonyl (C=O) groups is 1. The first-order valence-corrected chi connectivity index (χ1v) is 22.3. The van der Waals surface area contributed by atoms with Gasteiger partial charge in [-0.3, -0.25) is 0 Å². The van der Waals surface area contributed by atoms with Crippen molar-refractivity contribution in [3.63, 3.8) is 0 Å². The monoisotopic (exact) mass is 803 g/mol. The number of para-hydroxylation sites is 4. The standard InChI is InChI=1S/C7H5NO4.4C7H7O.Bi/c9-7(10)5-1-3-6(4-2-5)8(11)12;4*1-8-7-5-3-2-4-6-7;/h1-4H,(H,9,10);4*2-5H,1H3;/q;;;;;+1/p-1. The molecule has 0 heterocycles. The van der Waals surface area contributed by atoms with Crippen LogP contribution in [0.25, 0.3) is 0 Å². The van der Waals surface area contributed by atoms with Gasteiger partial charge >= 0.3 is 264 Å². The molecule has 0 unspecified atom stereocenters. The molecule has 0 atom stereocenters. The molecule has 0 saturated carbocycles. The van der Waals surface area contributed by atoms with Crippen molar-refractivity contribution in [3.8, 4) is 23.0 Å². The molecular weight excluding hydrogens is 771 g/mol. The Kier molecular flexibility index (Phi) is 9.07. The number of carbonyl (C=O) groups excluding carboxylic acids is 1. The summed E-state index contributed by atoms with van der Waals surface area (Å²) in [6.07, 6.45) is 0. The molecular formula is C35H32BiNO8. The molecule has 9 nitrogen and oxygen atoms in total. The molecule has 0 aliphatic heterocycles. The summed E-state index contributed by atoms with van der Waals surface area (Å²) in [4.78, 5) is 26.6. The molecule has 5 aromatic carbocycles. The van der Waals surface area contributed by atoms with Gasteiger partial charge in [0.15, 0.2) is 0 Å². The Bertz CT molecular complexity index is 1660. The fourth-order valence-corrected chi connectivity index (χ4v) is 29.6. The fourth-order valence-electron chi connectivity index (χ4n) is 5.80. The average Bonchev–Trinajstić information content (AvgIpc) is 3.10. The number of nitrogens with zero attached hydrogens (tertiary/aromatic N) is 1. The average molecular weight is 804 g/mol. The van der Waals surface area contributed by atoms with Gasteiger partial charge in [0.2, 0.25) is 0 Å². The van der Waals surface area contributed by atoms with E-state index in [-0.39, 0.29) is 11.3 Å². The first-order chi connectivity index (χ1) is 21.8. The minimum absolute atomic E-state index is 0.0519. The van der Waals surface area contributed by atoms with Crippen LogP contribution in [0.1, 0.15) is 10.4 Å². The van der Waals surface area contributed by atoms with E-state index in [1.807, 2.05) is 97.1 Å². The van der Waals surface area contributed by atoms with E-state index in [0.29, 0.717) is 41.0 Å². The van der Waals surface area contributed by atoms with Gasteiger partial charge in [0.25, 0.3) is 0 Å². The van der Waals surface area contributed by atoms with Crippen LogP contribution in [0.15, 0.2) is 121 Å². The first kappa shape index (κ1) is 31.5. The van der Waals surface area contributed by atoms with Crippen LogP contribution in [-0.2, 0) is 2.91 Å². The molecule has 5 rings (SSSR count). The summed E-state index contributed by atoms with van der Waals surface area (Å²) >= 11 is -6.51. The summed E-state index contributed by atoms with van der Waals surface area (Å²) in [5.74, 6) is 0.501. The van der Waals surface area contributed by atoms with E-state index in [1.165, 1.54) is 24.3 Å². The zero-order chi connectivity index (χ0) is 32.1. The SMILES string of the molecule is COc1cccc[c]1[Bi]([O][N+](=O)c1ccc(C(=O)[O-])cc1)([c]1ccccc1OC)([c]1ccccc1OC)[c]1ccccc1OC. The van der Waals surface area contributed by atoms with Crippen molar-refractivity contribution >= 4 is 44.0 Å². The third kappa shape index (κ3) is 5.05. The molecule has 0 aliphatic carbocycles. The normalized spacial score (nSPS) is 11.9. The summed E-state index contributed by atoms with van der Waals surface area (Å²) < 4.78 is 33.9. The molecule has 0 radical (unpaired) electrons. The van der Waals surface area contributed by atoms with Gasteiger partial charge in [-0.25, -0.2) is 0 Å². The van der Waals surface area contributed by atoms with E-state index in [2.05, 4.69) is 0 Å². The van der Waals surface area contributed by atoms with Crippen molar-refractivity contribution < 1.29 is 36.7 Å². The van der Waals surface area contributed by atoms with E-state index in [1.54, 1.807) is 28.4 Å². The van der Waals surface area contributed by atoms with Crippen LogP contribution in [0.2, 0.25) is 0 Å². The molecule has 10 heteroatoms. The molecule has 0 bridgehead atoms. The van der Waals surface area contributed by atoms with Gasteiger partial charge in [-0.05, 0) is 0 Å². The zero-order valence-electron chi connectivity index (χ0n) is 25.2. The second kappa shape index (κ2) is 13.0. The number of carboxylic acids is 1. The number of carboxylic acid groups (broad SMARTS) is 1. The molecule has 0 spiro atoms. The first-order valence-electron chi connectivity index (χ1n) is 13.9. The molecule has 0 fully saturated rings. The van der Waals surface area contributed by atoms with Crippen molar-refractivity contribution in [1.29, 1.82) is 0 Å². The number of hydrogen-bond acceptors (Lipinski definition) is 8. The van der Waals surface area contributed by atoms with Crippen LogP contribution in [0.5, 0.6) is 23.0 Å². The van der Waals surface area contributed by atoms with E-state index in [9.17, 15) is 14.8 Å². The van der Waals surface area contributed by atoms with Crippen LogP contribution in [0.3, 0.4) is 0 Å². The second-order valence-corrected chi connectivity index (χ2v) is 26.1. The topological polar surface area (TPSA) is 106 Å². The number of methoxy groups -OCH3 is 4. The Morgan fingerprint density at radius 1 is 0.533 bits per heavy atom. The van der Waals surface area contributed by atoms with Crippen molar-refractivity contribution in [3.05, 3.63) is 132 Å². The Hall–Kier alpha value is -4.95. The van der Waals surface area contributed by atoms with Gasteiger partial charge in [0.1, 0.15) is 0 Å². The van der Waals surface area contributed by atoms with Gasteiger partial charge in [-0.2, -0.15) is 0 Å². The van der Waals surface area contributed by atoms with Crippen molar-refractivity contribution in [2.75, 3.05) is 28.4 Å². The van der Waals surface area contributed by atoms with Gasteiger partial charge in [-0.1, -0.05) is 0 Å². The van der Waals surface area contributed by atoms with Gasteiger partial charge < -0.3 is 0 Å². The number of rotatable bonds is 12. The zero-order valence-corrected chi connectivity index (χ0v) is 28.7. The Balaban J connectivity index is 2.10. The maximum atomic E-state index is 14.7. The summed E-state index contributed by atoms with van der Waals surface area (Å²) in [5, 5.41) is 11.5. The Morgan fingerprint density at radius 3 is 1.13 bits per heavy atom. The maximum absolute atomic E-state index is 14.7. The van der Waals surface area contributed by atoms with Crippen LogP contribution in [0, 0.1) is 4.91 Å². The predicted octanol–water partition coefficient (Wildman–Crippen LogP) is 2.95. The fraction of sp³-hybridized carbons (Fsp3) is 0.114. The van der Waals surface area contributed by atoms with E-state index in [0.717, 1.165) is 0 Å². The number of aromatic carboxylic acids is 1. The summed E-state index contributed by atoms with van der Waals surface area (Å²) in [6.45, 7) is 0. The predicted molar refractivity (Wildman–Crippen MR) is 171 cm³/mol. The Morgan fingerprint density at radius 2 is 0.844 bits per heavy atom. The summed E-state index contributed by atoms with van der Waals surface area (Å²) in [6, 6.07) is 35.0. The van der Waals surface area contributed by atoms with Gasteiger partial charge in [-0.15, -0.1) is 0 Å². The molecule has 0 amide bonds. The van der Waals surface area contributed by atoms with Gasteiger partial charge in [0, 0.05) is 0 Å². The molecule has 0 aliphatic rings. The third-order valence-electron chi connectivity index (χ3n) is 7.73. The number of benzene rings is 5. The van der Waals surface area contributed by atoms with Crippen LogP contribution >= 0.6 is 0 Å². The third-order valence-corrected chi connectivity index (χ3v) is 29.6. The van der Waals surface area contributed by atoms with Crippen LogP contribution in [-0.4, -0.2) is 58.6 Å². The van der Waals surface area contributed by atoms with Crippen molar-refractivity contribution in [2.45, 2.75) is 0 Å². The van der Waals surface area contributed by atoms with Gasteiger partial charge in [0.05, 0.1) is 0 Å². The molecule has 230 valence electrons. The van der Waals surface area contributed by atoms with E-state index in [4.69, 9.17) is 21.9 Å². The molecule has 0 aromatic heterocycles. The number of ether oxygens (including phenoxy) is 4. The minimum atomic E-state index is -6.51. The Labute approximate surface area is 262 Å². The summed E-state index contributed by atoms with van der Waals surface area (Å²) in [7, 11) is 6.24. The molecule has 5 aromatic rings. The van der Waals surface area contributed by atoms with Crippen molar-refractivity contribution in [1.82, 2.24) is 0 Å². The molecule has 45 heavy (non-hydrogen) atoms. The van der Waals surface area contributed by atoms with E-state index < -0.39 is 25.2 Å². The molecule has 0 N–H and O–H groups in total. The van der Waals surface area contributed by atoms with Crippen molar-refractivity contribution in [2.24, 2.45) is 0 Å². The molecule has 0 saturated heterocycles. The van der Waals surface area contributed by atoms with Crippen LogP contribution in [0.4, 0.5) is 5.69 Å². The quantitative estimate of drug-likeness (QED) is 0.140.